The molecule has 0 aliphatic rings. The quantitative estimate of drug-likeness (QED) is 0.518. The first-order valence-electron chi connectivity index (χ1n) is 8.71. The predicted molar refractivity (Wildman–Crippen MR) is 110 cm³/mol. The Morgan fingerprint density at radius 2 is 1.89 bits per heavy atom. The van der Waals surface area contributed by atoms with Crippen LogP contribution in [0.2, 0.25) is 5.02 Å². The Morgan fingerprint density at radius 1 is 1.11 bits per heavy atom. The summed E-state index contributed by atoms with van der Waals surface area (Å²) in [5, 5.41) is 5.69. The number of halogens is 1. The van der Waals surface area contributed by atoms with Gasteiger partial charge in [-0.25, -0.2) is 4.98 Å². The lowest BCUT2D eigenvalue weighted by Crippen LogP contribution is -2.27. The van der Waals surface area contributed by atoms with Gasteiger partial charge in [0.05, 0.1) is 12.1 Å². The summed E-state index contributed by atoms with van der Waals surface area (Å²) in [5.74, 6) is 0.0207. The Balaban J connectivity index is 1.41. The summed E-state index contributed by atoms with van der Waals surface area (Å²) in [6, 6.07) is 17.8. The third kappa shape index (κ3) is 4.21. The number of imidazole rings is 1. The van der Waals surface area contributed by atoms with Crippen LogP contribution in [0.5, 0.6) is 0 Å². The molecule has 2 aromatic carbocycles. The highest BCUT2D eigenvalue weighted by molar-refractivity contribution is 7.15. The lowest BCUT2D eigenvalue weighted by Gasteiger charge is -2.05. The molecule has 1 amide bonds. The Hall–Kier alpha value is -2.63. The van der Waals surface area contributed by atoms with E-state index in [0.29, 0.717) is 18.0 Å². The summed E-state index contributed by atoms with van der Waals surface area (Å²) in [6.45, 7) is 0.635. The van der Waals surface area contributed by atoms with Gasteiger partial charge in [-0.1, -0.05) is 54.1 Å². The SMILES string of the molecule is O=C(Cc1csc2nc(-c3ccc(Cl)cc3)cn12)NCCc1ccccc1. The minimum Gasteiger partial charge on any atom is -0.355 e. The van der Waals surface area contributed by atoms with E-state index in [-0.39, 0.29) is 5.91 Å². The Kier molecular flexibility index (Phi) is 5.23. The highest BCUT2D eigenvalue weighted by Gasteiger charge is 2.12. The minimum absolute atomic E-state index is 0.0207. The van der Waals surface area contributed by atoms with Crippen LogP contribution in [0, 0.1) is 0 Å². The van der Waals surface area contributed by atoms with Gasteiger partial charge in [-0.15, -0.1) is 11.3 Å². The summed E-state index contributed by atoms with van der Waals surface area (Å²) in [5.41, 5.74) is 4.05. The first-order valence-corrected chi connectivity index (χ1v) is 9.97. The lowest BCUT2D eigenvalue weighted by atomic mass is 10.1. The zero-order chi connectivity index (χ0) is 18.6. The van der Waals surface area contributed by atoms with Crippen molar-refractivity contribution in [2.24, 2.45) is 0 Å². The van der Waals surface area contributed by atoms with Crippen molar-refractivity contribution in [3.05, 3.63) is 82.5 Å². The number of carbonyl (C=O) groups is 1. The molecular weight excluding hydrogens is 378 g/mol. The van der Waals surface area contributed by atoms with Crippen molar-refractivity contribution in [1.29, 1.82) is 0 Å². The normalized spacial score (nSPS) is 11.0. The van der Waals surface area contributed by atoms with Crippen molar-refractivity contribution in [2.75, 3.05) is 6.54 Å². The third-order valence-electron chi connectivity index (χ3n) is 4.34. The fourth-order valence-electron chi connectivity index (χ4n) is 2.93. The molecule has 1 N–H and O–H groups in total. The van der Waals surface area contributed by atoms with Crippen molar-refractivity contribution in [2.45, 2.75) is 12.8 Å². The van der Waals surface area contributed by atoms with Gasteiger partial charge in [-0.05, 0) is 24.1 Å². The summed E-state index contributed by atoms with van der Waals surface area (Å²) >= 11 is 7.49. The van der Waals surface area contributed by atoms with E-state index in [1.54, 1.807) is 11.3 Å². The molecule has 0 atom stereocenters. The molecule has 0 aliphatic heterocycles. The number of thiazole rings is 1. The van der Waals surface area contributed by atoms with Crippen LogP contribution in [-0.2, 0) is 17.6 Å². The van der Waals surface area contributed by atoms with E-state index in [0.717, 1.165) is 28.3 Å². The summed E-state index contributed by atoms with van der Waals surface area (Å²) < 4.78 is 1.99. The summed E-state index contributed by atoms with van der Waals surface area (Å²) in [6.07, 6.45) is 3.14. The summed E-state index contributed by atoms with van der Waals surface area (Å²) in [4.78, 5) is 17.8. The first kappa shape index (κ1) is 17.8. The van der Waals surface area contributed by atoms with Gasteiger partial charge < -0.3 is 5.32 Å². The Morgan fingerprint density at radius 3 is 2.67 bits per heavy atom. The van der Waals surface area contributed by atoms with Gasteiger partial charge in [-0.2, -0.15) is 0 Å². The average molecular weight is 396 g/mol. The van der Waals surface area contributed by atoms with E-state index in [4.69, 9.17) is 11.6 Å². The van der Waals surface area contributed by atoms with Gasteiger partial charge in [0.2, 0.25) is 5.91 Å². The van der Waals surface area contributed by atoms with Crippen LogP contribution in [0.4, 0.5) is 0 Å². The zero-order valence-corrected chi connectivity index (χ0v) is 16.1. The zero-order valence-electron chi connectivity index (χ0n) is 14.6. The van der Waals surface area contributed by atoms with Crippen LogP contribution in [0.1, 0.15) is 11.3 Å². The van der Waals surface area contributed by atoms with Crippen LogP contribution >= 0.6 is 22.9 Å². The van der Waals surface area contributed by atoms with Crippen molar-refractivity contribution < 1.29 is 4.79 Å². The van der Waals surface area contributed by atoms with E-state index in [2.05, 4.69) is 22.4 Å². The van der Waals surface area contributed by atoms with E-state index < -0.39 is 0 Å². The molecule has 0 aliphatic carbocycles. The van der Waals surface area contributed by atoms with Gasteiger partial charge in [-0.3, -0.25) is 9.20 Å². The topological polar surface area (TPSA) is 46.4 Å². The van der Waals surface area contributed by atoms with E-state index in [9.17, 15) is 4.79 Å². The number of carbonyl (C=O) groups excluding carboxylic acids is 1. The highest BCUT2D eigenvalue weighted by atomic mass is 35.5. The van der Waals surface area contributed by atoms with Crippen LogP contribution in [0.15, 0.2) is 66.2 Å². The number of hydrogen-bond donors (Lipinski definition) is 1. The molecule has 0 spiro atoms. The molecule has 0 radical (unpaired) electrons. The van der Waals surface area contributed by atoms with Gasteiger partial charge in [0.25, 0.3) is 0 Å². The van der Waals surface area contributed by atoms with Gasteiger partial charge in [0.1, 0.15) is 0 Å². The number of nitrogens with one attached hydrogen (secondary N) is 1. The van der Waals surface area contributed by atoms with E-state index in [1.807, 2.05) is 58.4 Å². The fourth-order valence-corrected chi connectivity index (χ4v) is 3.93. The maximum absolute atomic E-state index is 12.3. The molecule has 6 heteroatoms. The summed E-state index contributed by atoms with van der Waals surface area (Å²) in [7, 11) is 0. The smallest absolute Gasteiger partial charge is 0.225 e. The molecule has 136 valence electrons. The first-order chi connectivity index (χ1) is 13.2. The fraction of sp³-hybridized carbons (Fsp3) is 0.143. The molecule has 4 aromatic rings. The number of nitrogens with zero attached hydrogens (tertiary/aromatic N) is 2. The maximum atomic E-state index is 12.3. The monoisotopic (exact) mass is 395 g/mol. The second kappa shape index (κ2) is 7.94. The number of amides is 1. The van der Waals surface area contributed by atoms with Gasteiger partial charge in [0, 0.05) is 34.4 Å². The number of hydrogen-bond acceptors (Lipinski definition) is 3. The van der Waals surface area contributed by atoms with Crippen molar-refractivity contribution in [3.63, 3.8) is 0 Å². The molecule has 2 heterocycles. The minimum atomic E-state index is 0.0207. The van der Waals surface area contributed by atoms with Crippen LogP contribution in [0.3, 0.4) is 0 Å². The number of benzene rings is 2. The Bertz CT molecular complexity index is 1050. The van der Waals surface area contributed by atoms with E-state index >= 15 is 0 Å². The third-order valence-corrected chi connectivity index (χ3v) is 5.48. The predicted octanol–water partition coefficient (Wildman–Crippen LogP) is 4.62. The van der Waals surface area contributed by atoms with Crippen molar-refractivity contribution in [3.8, 4) is 11.3 Å². The van der Waals surface area contributed by atoms with Crippen molar-refractivity contribution >= 4 is 33.8 Å². The largest absolute Gasteiger partial charge is 0.355 e. The standard InChI is InChI=1S/C21H18ClN3OS/c22-17-8-6-16(7-9-17)19-13-25-18(14-27-21(25)24-19)12-20(26)23-11-10-15-4-2-1-3-5-15/h1-9,13-14H,10-12H2,(H,23,26). The Labute approximate surface area is 166 Å². The molecule has 0 saturated carbocycles. The van der Waals surface area contributed by atoms with Gasteiger partial charge >= 0.3 is 0 Å². The molecule has 2 aromatic heterocycles. The van der Waals surface area contributed by atoms with Crippen LogP contribution < -0.4 is 5.32 Å². The molecular formula is C21H18ClN3OS. The van der Waals surface area contributed by atoms with E-state index in [1.165, 1.54) is 5.56 Å². The number of rotatable bonds is 6. The maximum Gasteiger partial charge on any atom is 0.225 e. The molecule has 27 heavy (non-hydrogen) atoms. The molecule has 0 bridgehead atoms. The molecule has 0 fully saturated rings. The highest BCUT2D eigenvalue weighted by Crippen LogP contribution is 2.25. The van der Waals surface area contributed by atoms with Crippen LogP contribution in [-0.4, -0.2) is 21.8 Å². The molecule has 0 unspecified atom stereocenters. The number of aromatic nitrogens is 2. The molecule has 0 saturated heterocycles. The second-order valence-corrected chi connectivity index (χ2v) is 7.55. The lowest BCUT2D eigenvalue weighted by molar-refractivity contribution is -0.120. The van der Waals surface area contributed by atoms with Crippen LogP contribution in [0.25, 0.3) is 16.2 Å². The average Bonchev–Trinajstić information content (AvgIpc) is 3.25. The molecule has 4 nitrogen and oxygen atoms in total. The second-order valence-electron chi connectivity index (χ2n) is 6.27. The van der Waals surface area contributed by atoms with Gasteiger partial charge in [0.15, 0.2) is 4.96 Å². The number of fused-ring (bicyclic) bond motifs is 1. The van der Waals surface area contributed by atoms with Crippen molar-refractivity contribution in [1.82, 2.24) is 14.7 Å². The molecule has 4 rings (SSSR count).